The number of piperidine rings is 1. The van der Waals surface area contributed by atoms with Gasteiger partial charge in [-0.05, 0) is 56.1 Å². The summed E-state index contributed by atoms with van der Waals surface area (Å²) in [5.41, 5.74) is 1.20. The largest absolute Gasteiger partial charge is 0.495 e. The van der Waals surface area contributed by atoms with E-state index in [2.05, 4.69) is 23.2 Å². The van der Waals surface area contributed by atoms with Gasteiger partial charge in [0, 0.05) is 13.1 Å². The first-order valence-electron chi connectivity index (χ1n) is 7.94. The predicted octanol–water partition coefficient (Wildman–Crippen LogP) is 3.56. The number of hydrogen-bond acceptors (Lipinski definition) is 3. The molecule has 1 aliphatic heterocycles. The molecule has 0 spiro atoms. The Morgan fingerprint density at radius 1 is 1.29 bits per heavy atom. The number of rotatable bonds is 7. The number of nitrogens with zero attached hydrogens (tertiary/aromatic N) is 1. The highest BCUT2D eigenvalue weighted by Gasteiger charge is 2.13. The molecule has 2 rings (SSSR count). The summed E-state index contributed by atoms with van der Waals surface area (Å²) in [5.74, 6) is 1.41. The lowest BCUT2D eigenvalue weighted by Crippen LogP contribution is -2.36. The van der Waals surface area contributed by atoms with E-state index in [4.69, 9.17) is 16.3 Å². The van der Waals surface area contributed by atoms with Crippen LogP contribution in [0, 0.1) is 5.92 Å². The van der Waals surface area contributed by atoms with E-state index in [-0.39, 0.29) is 0 Å². The third kappa shape index (κ3) is 5.50. The minimum atomic E-state index is 0.678. The van der Waals surface area contributed by atoms with Crippen molar-refractivity contribution in [3.63, 3.8) is 0 Å². The van der Waals surface area contributed by atoms with Gasteiger partial charge in [0.05, 0.1) is 12.1 Å². The Morgan fingerprint density at radius 3 is 2.71 bits per heavy atom. The second-order valence-corrected chi connectivity index (χ2v) is 6.47. The summed E-state index contributed by atoms with van der Waals surface area (Å²) in [4.78, 5) is 2.60. The molecule has 21 heavy (non-hydrogen) atoms. The molecule has 1 fully saturated rings. The van der Waals surface area contributed by atoms with E-state index in [0.717, 1.165) is 18.8 Å². The lowest BCUT2D eigenvalue weighted by atomic mass is 10.1. The molecule has 0 aliphatic carbocycles. The number of hydrogen-bond donors (Lipinski definition) is 1. The lowest BCUT2D eigenvalue weighted by Gasteiger charge is -2.29. The Labute approximate surface area is 133 Å². The van der Waals surface area contributed by atoms with Crippen LogP contribution in [-0.2, 0) is 6.54 Å². The number of benzene rings is 1. The second-order valence-electron chi connectivity index (χ2n) is 6.07. The highest BCUT2D eigenvalue weighted by molar-refractivity contribution is 6.32. The minimum Gasteiger partial charge on any atom is -0.495 e. The smallest absolute Gasteiger partial charge is 0.137 e. The second kappa shape index (κ2) is 8.62. The molecule has 0 radical (unpaired) electrons. The van der Waals surface area contributed by atoms with Gasteiger partial charge in [-0.1, -0.05) is 31.0 Å². The minimum absolute atomic E-state index is 0.678. The lowest BCUT2D eigenvalue weighted by molar-refractivity contribution is 0.199. The van der Waals surface area contributed by atoms with E-state index >= 15 is 0 Å². The van der Waals surface area contributed by atoms with Crippen LogP contribution in [0.1, 0.15) is 31.7 Å². The first-order valence-corrected chi connectivity index (χ1v) is 8.32. The topological polar surface area (TPSA) is 24.5 Å². The molecule has 0 aromatic heterocycles. The molecule has 1 aliphatic rings. The fraction of sp³-hybridized carbons (Fsp3) is 0.647. The fourth-order valence-electron chi connectivity index (χ4n) is 2.93. The average Bonchev–Trinajstić information content (AvgIpc) is 2.48. The van der Waals surface area contributed by atoms with Gasteiger partial charge >= 0.3 is 0 Å². The van der Waals surface area contributed by atoms with Crippen LogP contribution in [0.3, 0.4) is 0 Å². The van der Waals surface area contributed by atoms with Crippen molar-refractivity contribution in [2.45, 2.75) is 32.7 Å². The molecule has 1 aromatic rings. The van der Waals surface area contributed by atoms with Crippen molar-refractivity contribution in [2.75, 3.05) is 33.3 Å². The van der Waals surface area contributed by atoms with Gasteiger partial charge < -0.3 is 15.0 Å². The molecule has 118 valence electrons. The van der Waals surface area contributed by atoms with Crippen LogP contribution < -0.4 is 10.1 Å². The molecule has 1 heterocycles. The van der Waals surface area contributed by atoms with Crippen LogP contribution in [0.15, 0.2) is 18.2 Å². The molecule has 3 nitrogen and oxygen atoms in total. The summed E-state index contributed by atoms with van der Waals surface area (Å²) in [6, 6.07) is 5.96. The summed E-state index contributed by atoms with van der Waals surface area (Å²) in [6.07, 6.45) is 4.14. The highest BCUT2D eigenvalue weighted by atomic mass is 35.5. The van der Waals surface area contributed by atoms with Crippen LogP contribution in [0.25, 0.3) is 0 Å². The molecular weight excluding hydrogens is 284 g/mol. The van der Waals surface area contributed by atoms with Gasteiger partial charge in [-0.3, -0.25) is 0 Å². The standard InChI is InChI=1S/C17H27ClN2O/c1-14(13-20-8-4-3-5-9-20)11-19-12-15-6-7-17(21-2)16(18)10-15/h6-7,10,14,19H,3-5,8-9,11-13H2,1-2H3. The van der Waals surface area contributed by atoms with Gasteiger partial charge in [-0.2, -0.15) is 0 Å². The Bertz CT molecular complexity index is 433. The molecule has 1 saturated heterocycles. The molecule has 0 amide bonds. The van der Waals surface area contributed by atoms with Crippen molar-refractivity contribution >= 4 is 11.6 Å². The van der Waals surface area contributed by atoms with Gasteiger partial charge in [0.2, 0.25) is 0 Å². The fourth-order valence-corrected chi connectivity index (χ4v) is 3.21. The Morgan fingerprint density at radius 2 is 2.05 bits per heavy atom. The first kappa shape index (κ1) is 16.6. The molecular formula is C17H27ClN2O. The molecule has 0 bridgehead atoms. The number of nitrogens with one attached hydrogen (secondary N) is 1. The Kier molecular flexibility index (Phi) is 6.81. The quantitative estimate of drug-likeness (QED) is 0.833. The monoisotopic (exact) mass is 310 g/mol. The zero-order chi connectivity index (χ0) is 15.1. The number of methoxy groups -OCH3 is 1. The van der Waals surface area contributed by atoms with Crippen molar-refractivity contribution in [3.8, 4) is 5.75 Å². The third-order valence-electron chi connectivity index (χ3n) is 4.06. The summed E-state index contributed by atoms with van der Waals surface area (Å²) in [5, 5.41) is 4.21. The van der Waals surface area contributed by atoms with Gasteiger partial charge in [0.15, 0.2) is 0 Å². The molecule has 1 aromatic carbocycles. The predicted molar refractivity (Wildman–Crippen MR) is 89.2 cm³/mol. The van der Waals surface area contributed by atoms with Crippen LogP contribution in [0.5, 0.6) is 5.75 Å². The van der Waals surface area contributed by atoms with E-state index in [0.29, 0.717) is 10.9 Å². The van der Waals surface area contributed by atoms with Crippen molar-refractivity contribution < 1.29 is 4.74 Å². The van der Waals surface area contributed by atoms with E-state index in [1.165, 1.54) is 44.5 Å². The molecule has 4 heteroatoms. The van der Waals surface area contributed by atoms with E-state index < -0.39 is 0 Å². The van der Waals surface area contributed by atoms with Gasteiger partial charge in [-0.25, -0.2) is 0 Å². The first-order chi connectivity index (χ1) is 10.2. The molecule has 1 N–H and O–H groups in total. The highest BCUT2D eigenvalue weighted by Crippen LogP contribution is 2.24. The summed E-state index contributed by atoms with van der Waals surface area (Å²) in [6.45, 7) is 7.98. The van der Waals surface area contributed by atoms with E-state index in [1.807, 2.05) is 12.1 Å². The van der Waals surface area contributed by atoms with Crippen LogP contribution in [0.2, 0.25) is 5.02 Å². The van der Waals surface area contributed by atoms with Crippen molar-refractivity contribution in [1.29, 1.82) is 0 Å². The van der Waals surface area contributed by atoms with E-state index in [9.17, 15) is 0 Å². The van der Waals surface area contributed by atoms with Crippen LogP contribution >= 0.6 is 11.6 Å². The zero-order valence-corrected chi connectivity index (χ0v) is 14.0. The van der Waals surface area contributed by atoms with Gasteiger partial charge in [0.25, 0.3) is 0 Å². The van der Waals surface area contributed by atoms with Crippen LogP contribution in [-0.4, -0.2) is 38.2 Å². The van der Waals surface area contributed by atoms with Crippen LogP contribution in [0.4, 0.5) is 0 Å². The summed E-state index contributed by atoms with van der Waals surface area (Å²) >= 11 is 6.14. The number of ether oxygens (including phenoxy) is 1. The summed E-state index contributed by atoms with van der Waals surface area (Å²) in [7, 11) is 1.64. The average molecular weight is 311 g/mol. The van der Waals surface area contributed by atoms with Crippen molar-refractivity contribution in [2.24, 2.45) is 5.92 Å². The summed E-state index contributed by atoms with van der Waals surface area (Å²) < 4.78 is 5.17. The maximum atomic E-state index is 6.14. The molecule has 0 saturated carbocycles. The molecule has 1 atom stereocenters. The van der Waals surface area contributed by atoms with Crippen molar-refractivity contribution in [3.05, 3.63) is 28.8 Å². The molecule has 1 unspecified atom stereocenters. The number of likely N-dealkylation sites (tertiary alicyclic amines) is 1. The van der Waals surface area contributed by atoms with Crippen molar-refractivity contribution in [1.82, 2.24) is 10.2 Å². The van der Waals surface area contributed by atoms with E-state index in [1.54, 1.807) is 7.11 Å². The zero-order valence-electron chi connectivity index (χ0n) is 13.2. The Balaban J connectivity index is 1.69. The van der Waals surface area contributed by atoms with Gasteiger partial charge in [-0.15, -0.1) is 0 Å². The normalized spacial score (nSPS) is 17.7. The SMILES string of the molecule is COc1ccc(CNCC(C)CN2CCCCC2)cc1Cl. The maximum absolute atomic E-state index is 6.14. The number of halogens is 1. The Hall–Kier alpha value is -0.770. The third-order valence-corrected chi connectivity index (χ3v) is 4.35. The maximum Gasteiger partial charge on any atom is 0.137 e. The van der Waals surface area contributed by atoms with Gasteiger partial charge in [0.1, 0.15) is 5.75 Å².